The summed E-state index contributed by atoms with van der Waals surface area (Å²) in [6, 6.07) is 4.02. The van der Waals surface area contributed by atoms with Crippen LogP contribution in [0.2, 0.25) is 0 Å². The molecule has 2 aromatic rings. The van der Waals surface area contributed by atoms with Crippen LogP contribution in [0.25, 0.3) is 11.0 Å². The van der Waals surface area contributed by atoms with Crippen molar-refractivity contribution in [2.75, 3.05) is 13.1 Å². The Bertz CT molecular complexity index is 611. The first kappa shape index (κ1) is 14.1. The topological polar surface area (TPSA) is 49.0 Å². The molecule has 4 nitrogen and oxygen atoms in total. The lowest BCUT2D eigenvalue weighted by molar-refractivity contribution is -0.132. The van der Waals surface area contributed by atoms with Gasteiger partial charge >= 0.3 is 0 Å². The molecule has 1 N–H and O–H groups in total. The van der Waals surface area contributed by atoms with E-state index in [-0.39, 0.29) is 0 Å². The van der Waals surface area contributed by atoms with Gasteiger partial charge in [0.25, 0.3) is 0 Å². The van der Waals surface area contributed by atoms with E-state index in [2.05, 4.69) is 29.2 Å². The molecule has 3 rings (SSSR count). The number of H-pyrrole nitrogens is 1. The highest BCUT2D eigenvalue weighted by Gasteiger charge is 2.25. The number of hydrogen-bond acceptors (Lipinski definition) is 2. The number of likely N-dealkylation sites (tertiary alicyclic amines) is 1. The second-order valence-corrected chi connectivity index (χ2v) is 5.90. The Balaban J connectivity index is 1.64. The number of unbranched alkanes of at least 4 members (excludes halogenated alkanes) is 1. The maximum Gasteiger partial charge on any atom is 0.222 e. The fraction of sp³-hybridized carbons (Fsp3) is 0.529. The Kier molecular flexibility index (Phi) is 4.23. The molecule has 0 unspecified atom stereocenters. The summed E-state index contributed by atoms with van der Waals surface area (Å²) in [7, 11) is 0. The molecular weight excluding hydrogens is 262 g/mol. The summed E-state index contributed by atoms with van der Waals surface area (Å²) in [6.45, 7) is 3.89. The van der Waals surface area contributed by atoms with Crippen LogP contribution >= 0.6 is 0 Å². The van der Waals surface area contributed by atoms with Crippen LogP contribution in [-0.2, 0) is 4.79 Å². The summed E-state index contributed by atoms with van der Waals surface area (Å²) in [6.07, 6.45) is 8.83. The first-order valence-electron chi connectivity index (χ1n) is 7.99. The van der Waals surface area contributed by atoms with Gasteiger partial charge in [-0.15, -0.1) is 0 Å². The third-order valence-corrected chi connectivity index (χ3v) is 4.50. The average Bonchev–Trinajstić information content (AvgIpc) is 2.97. The number of piperidine rings is 1. The summed E-state index contributed by atoms with van der Waals surface area (Å²) in [4.78, 5) is 21.9. The average molecular weight is 285 g/mol. The smallest absolute Gasteiger partial charge is 0.222 e. The molecular formula is C17H23N3O. The van der Waals surface area contributed by atoms with Gasteiger partial charge in [0.05, 0.1) is 11.0 Å². The lowest BCUT2D eigenvalue weighted by Crippen LogP contribution is -2.37. The Morgan fingerprint density at radius 3 is 3.00 bits per heavy atom. The van der Waals surface area contributed by atoms with Crippen molar-refractivity contribution in [1.82, 2.24) is 14.9 Å². The SMILES string of the molecule is CCCCC(=O)N1CCC(c2c[nH]c3cccnc23)CC1. The van der Waals surface area contributed by atoms with E-state index in [1.165, 1.54) is 5.56 Å². The van der Waals surface area contributed by atoms with Crippen LogP contribution < -0.4 is 0 Å². The van der Waals surface area contributed by atoms with E-state index in [4.69, 9.17) is 0 Å². The highest BCUT2D eigenvalue weighted by Crippen LogP contribution is 2.32. The predicted octanol–water partition coefficient (Wildman–Crippen LogP) is 3.46. The molecule has 0 saturated carbocycles. The van der Waals surface area contributed by atoms with E-state index in [1.807, 2.05) is 17.2 Å². The monoisotopic (exact) mass is 285 g/mol. The van der Waals surface area contributed by atoms with Crippen LogP contribution in [0.1, 0.15) is 50.5 Å². The third-order valence-electron chi connectivity index (χ3n) is 4.50. The number of rotatable bonds is 4. The zero-order valence-electron chi connectivity index (χ0n) is 12.6. The van der Waals surface area contributed by atoms with Crippen LogP contribution in [0.3, 0.4) is 0 Å². The van der Waals surface area contributed by atoms with Crippen LogP contribution in [-0.4, -0.2) is 33.9 Å². The van der Waals surface area contributed by atoms with Gasteiger partial charge in [-0.1, -0.05) is 13.3 Å². The highest BCUT2D eigenvalue weighted by atomic mass is 16.2. The number of carbonyl (C=O) groups is 1. The fourth-order valence-electron chi connectivity index (χ4n) is 3.21. The minimum atomic E-state index is 0.326. The van der Waals surface area contributed by atoms with Gasteiger partial charge in [-0.25, -0.2) is 0 Å². The normalized spacial score (nSPS) is 16.5. The van der Waals surface area contributed by atoms with E-state index in [0.29, 0.717) is 18.2 Å². The van der Waals surface area contributed by atoms with Gasteiger partial charge in [-0.3, -0.25) is 9.78 Å². The minimum Gasteiger partial charge on any atom is -0.360 e. The third kappa shape index (κ3) is 2.94. The molecule has 1 aliphatic rings. The van der Waals surface area contributed by atoms with E-state index in [0.717, 1.165) is 49.8 Å². The molecule has 1 saturated heterocycles. The van der Waals surface area contributed by atoms with Gasteiger partial charge in [0, 0.05) is 31.9 Å². The van der Waals surface area contributed by atoms with Crippen LogP contribution in [0.4, 0.5) is 0 Å². The van der Waals surface area contributed by atoms with Gasteiger partial charge in [-0.05, 0) is 42.9 Å². The molecule has 2 aromatic heterocycles. The van der Waals surface area contributed by atoms with E-state index in [1.54, 1.807) is 0 Å². The van der Waals surface area contributed by atoms with Crippen molar-refractivity contribution < 1.29 is 4.79 Å². The molecule has 4 heteroatoms. The number of fused-ring (bicyclic) bond motifs is 1. The molecule has 112 valence electrons. The van der Waals surface area contributed by atoms with Crippen molar-refractivity contribution in [2.24, 2.45) is 0 Å². The summed E-state index contributed by atoms with van der Waals surface area (Å²) < 4.78 is 0. The number of aromatic amines is 1. The fourth-order valence-corrected chi connectivity index (χ4v) is 3.21. The number of nitrogens with one attached hydrogen (secondary N) is 1. The molecule has 0 aliphatic carbocycles. The largest absolute Gasteiger partial charge is 0.360 e. The van der Waals surface area contributed by atoms with Gasteiger partial charge in [0.15, 0.2) is 0 Å². The van der Waals surface area contributed by atoms with Crippen molar-refractivity contribution in [3.8, 4) is 0 Å². The second-order valence-electron chi connectivity index (χ2n) is 5.90. The maximum absolute atomic E-state index is 12.1. The number of amides is 1. The molecule has 0 spiro atoms. The predicted molar refractivity (Wildman–Crippen MR) is 84.2 cm³/mol. The van der Waals surface area contributed by atoms with Crippen LogP contribution in [0.5, 0.6) is 0 Å². The summed E-state index contributed by atoms with van der Waals surface area (Å²) in [5.41, 5.74) is 3.51. The van der Waals surface area contributed by atoms with Gasteiger partial charge < -0.3 is 9.88 Å². The van der Waals surface area contributed by atoms with E-state index >= 15 is 0 Å². The molecule has 21 heavy (non-hydrogen) atoms. The number of carbonyl (C=O) groups excluding carboxylic acids is 1. The lowest BCUT2D eigenvalue weighted by Gasteiger charge is -2.32. The lowest BCUT2D eigenvalue weighted by atomic mass is 9.90. The van der Waals surface area contributed by atoms with Gasteiger partial charge in [-0.2, -0.15) is 0 Å². The Morgan fingerprint density at radius 2 is 2.24 bits per heavy atom. The molecule has 0 radical (unpaired) electrons. The summed E-state index contributed by atoms with van der Waals surface area (Å²) in [5.74, 6) is 0.844. The summed E-state index contributed by atoms with van der Waals surface area (Å²) >= 11 is 0. The number of hydrogen-bond donors (Lipinski definition) is 1. The van der Waals surface area contributed by atoms with E-state index in [9.17, 15) is 4.79 Å². The zero-order valence-corrected chi connectivity index (χ0v) is 12.6. The van der Waals surface area contributed by atoms with Crippen molar-refractivity contribution in [3.05, 3.63) is 30.1 Å². The number of nitrogens with zero attached hydrogens (tertiary/aromatic N) is 2. The van der Waals surface area contributed by atoms with Crippen molar-refractivity contribution >= 4 is 16.9 Å². The Labute approximate surface area is 125 Å². The molecule has 0 bridgehead atoms. The van der Waals surface area contributed by atoms with Crippen molar-refractivity contribution in [1.29, 1.82) is 0 Å². The zero-order chi connectivity index (χ0) is 14.7. The Hall–Kier alpha value is -1.84. The first-order valence-corrected chi connectivity index (χ1v) is 7.99. The van der Waals surface area contributed by atoms with Crippen molar-refractivity contribution in [2.45, 2.75) is 44.9 Å². The standard InChI is InChI=1S/C17H23N3O/c1-2-3-6-16(21)20-10-7-13(8-11-20)14-12-19-15-5-4-9-18-17(14)15/h4-5,9,12-13,19H,2-3,6-8,10-11H2,1H3. The maximum atomic E-state index is 12.1. The molecule has 0 atom stereocenters. The Morgan fingerprint density at radius 1 is 1.43 bits per heavy atom. The minimum absolute atomic E-state index is 0.326. The molecule has 1 fully saturated rings. The number of pyridine rings is 1. The molecule has 0 aromatic carbocycles. The molecule has 1 aliphatic heterocycles. The quantitative estimate of drug-likeness (QED) is 0.935. The van der Waals surface area contributed by atoms with Crippen LogP contribution in [0, 0.1) is 0 Å². The molecule has 1 amide bonds. The van der Waals surface area contributed by atoms with Crippen molar-refractivity contribution in [3.63, 3.8) is 0 Å². The van der Waals surface area contributed by atoms with Crippen LogP contribution in [0.15, 0.2) is 24.5 Å². The first-order chi connectivity index (χ1) is 10.3. The summed E-state index contributed by atoms with van der Waals surface area (Å²) in [5, 5.41) is 0. The second kappa shape index (κ2) is 6.29. The number of aromatic nitrogens is 2. The van der Waals surface area contributed by atoms with Gasteiger partial charge in [0.2, 0.25) is 5.91 Å². The van der Waals surface area contributed by atoms with E-state index < -0.39 is 0 Å². The highest BCUT2D eigenvalue weighted by molar-refractivity contribution is 5.79. The van der Waals surface area contributed by atoms with Gasteiger partial charge in [0.1, 0.15) is 0 Å². The molecule has 3 heterocycles.